The Labute approximate surface area is 219 Å². The molecule has 0 fully saturated rings. The van der Waals surface area contributed by atoms with E-state index in [0.29, 0.717) is 17.1 Å². The minimum Gasteiger partial charge on any atom is -0.464 e. The Hall–Kier alpha value is -4.77. The van der Waals surface area contributed by atoms with Gasteiger partial charge in [0.25, 0.3) is 0 Å². The number of allylic oxidation sites excluding steroid dienone is 4. The molecule has 0 spiro atoms. The molecule has 0 amide bonds. The third-order valence-electron chi connectivity index (χ3n) is 5.49. The number of benzene rings is 3. The number of hydrogen-bond acceptors (Lipinski definition) is 3. The summed E-state index contributed by atoms with van der Waals surface area (Å²) in [6.07, 6.45) is 4.84. The van der Waals surface area contributed by atoms with Gasteiger partial charge in [0.2, 0.25) is 0 Å². The second kappa shape index (κ2) is 12.0. The minimum absolute atomic E-state index is 0.0117. The highest BCUT2D eigenvalue weighted by Crippen LogP contribution is 2.32. The summed E-state index contributed by atoms with van der Waals surface area (Å²) >= 11 is 0. The fraction of sp³-hybridized carbons (Fsp3) is 0.0667. The molecule has 1 heterocycles. The van der Waals surface area contributed by atoms with E-state index in [9.17, 15) is 18.0 Å². The van der Waals surface area contributed by atoms with Crippen molar-refractivity contribution in [1.82, 2.24) is 0 Å². The topological polar surface area (TPSA) is 39.9 Å². The third-order valence-corrected chi connectivity index (χ3v) is 5.49. The first kappa shape index (κ1) is 26.3. The smallest absolute Gasteiger partial charge is 0.314 e. The number of esters is 1. The normalized spacial score (nSPS) is 13.3. The van der Waals surface area contributed by atoms with Gasteiger partial charge in [-0.05, 0) is 42.3 Å². The average Bonchev–Trinajstić information content (AvgIpc) is 2.95. The van der Waals surface area contributed by atoms with E-state index in [1.54, 1.807) is 19.1 Å². The molecule has 38 heavy (non-hydrogen) atoms. The SMILES string of the molecule is [C-]#[N+]C(C=C1C=C(c2ccccc2)OC(c2ccccc2)=C1)=C([B]c1ccc(F)c(F)c1F)C(=O)OCC. The summed E-state index contributed by atoms with van der Waals surface area (Å²) in [5.74, 6) is -4.42. The zero-order chi connectivity index (χ0) is 27.1. The van der Waals surface area contributed by atoms with Gasteiger partial charge in [0.05, 0.1) is 13.2 Å². The maximum atomic E-state index is 14.4. The highest BCUT2D eigenvalue weighted by atomic mass is 19.2. The van der Waals surface area contributed by atoms with Crippen LogP contribution >= 0.6 is 0 Å². The van der Waals surface area contributed by atoms with E-state index in [1.165, 1.54) is 6.08 Å². The maximum Gasteiger partial charge on any atom is 0.314 e. The van der Waals surface area contributed by atoms with Crippen LogP contribution in [0.4, 0.5) is 13.2 Å². The van der Waals surface area contributed by atoms with Crippen LogP contribution in [0, 0.1) is 24.0 Å². The van der Waals surface area contributed by atoms with Crippen LogP contribution in [0.15, 0.2) is 108 Å². The number of halogens is 3. The zero-order valence-corrected chi connectivity index (χ0v) is 20.3. The van der Waals surface area contributed by atoms with Gasteiger partial charge in [-0.2, -0.15) is 0 Å². The van der Waals surface area contributed by atoms with Crippen LogP contribution in [-0.4, -0.2) is 19.9 Å². The first-order chi connectivity index (χ1) is 18.4. The first-order valence-corrected chi connectivity index (χ1v) is 11.6. The molecule has 1 radical (unpaired) electrons. The average molecular weight is 510 g/mol. The quantitative estimate of drug-likeness (QED) is 0.126. The first-order valence-electron chi connectivity index (χ1n) is 11.6. The van der Waals surface area contributed by atoms with Crippen LogP contribution < -0.4 is 5.46 Å². The van der Waals surface area contributed by atoms with Gasteiger partial charge in [0.15, 0.2) is 30.4 Å². The molecule has 3 aromatic carbocycles. The Bertz CT molecular complexity index is 1460. The summed E-state index contributed by atoms with van der Waals surface area (Å²) < 4.78 is 52.9. The number of rotatable bonds is 7. The van der Waals surface area contributed by atoms with E-state index < -0.39 is 28.9 Å². The van der Waals surface area contributed by atoms with E-state index in [-0.39, 0.29) is 17.8 Å². The molecular formula is C30H20BF3NO3. The van der Waals surface area contributed by atoms with Crippen molar-refractivity contribution in [2.45, 2.75) is 6.92 Å². The maximum absolute atomic E-state index is 14.4. The second-order valence-electron chi connectivity index (χ2n) is 8.04. The number of hydrogen-bond donors (Lipinski definition) is 0. The predicted octanol–water partition coefficient (Wildman–Crippen LogP) is 6.17. The predicted molar refractivity (Wildman–Crippen MR) is 140 cm³/mol. The Balaban J connectivity index is 1.86. The monoisotopic (exact) mass is 510 g/mol. The number of carbonyl (C=O) groups is 1. The van der Waals surface area contributed by atoms with E-state index in [4.69, 9.17) is 16.0 Å². The van der Waals surface area contributed by atoms with Gasteiger partial charge >= 0.3 is 5.97 Å². The van der Waals surface area contributed by atoms with Gasteiger partial charge in [-0.3, -0.25) is 0 Å². The lowest BCUT2D eigenvalue weighted by molar-refractivity contribution is -0.137. The summed E-state index contributed by atoms with van der Waals surface area (Å²) in [5, 5.41) is 0. The van der Waals surface area contributed by atoms with Gasteiger partial charge in [0, 0.05) is 16.6 Å². The fourth-order valence-electron chi connectivity index (χ4n) is 3.68. The van der Waals surface area contributed by atoms with Gasteiger partial charge in [-0.1, -0.05) is 66.7 Å². The third kappa shape index (κ3) is 5.96. The molecule has 0 aliphatic carbocycles. The highest BCUT2D eigenvalue weighted by molar-refractivity contribution is 6.66. The number of nitrogens with zero attached hydrogens (tertiary/aromatic N) is 1. The lowest BCUT2D eigenvalue weighted by Crippen LogP contribution is -2.28. The van der Waals surface area contributed by atoms with Crippen molar-refractivity contribution in [3.8, 4) is 0 Å². The molecule has 1 aliphatic heterocycles. The molecule has 0 saturated carbocycles. The van der Waals surface area contributed by atoms with Gasteiger partial charge < -0.3 is 9.47 Å². The molecule has 0 atom stereocenters. The summed E-state index contributed by atoms with van der Waals surface area (Å²) in [4.78, 5) is 16.3. The summed E-state index contributed by atoms with van der Waals surface area (Å²) in [5.41, 5.74) is 1.19. The molecule has 0 saturated heterocycles. The van der Waals surface area contributed by atoms with Crippen LogP contribution in [-0.2, 0) is 14.3 Å². The van der Waals surface area contributed by atoms with Gasteiger partial charge in [-0.15, -0.1) is 0 Å². The van der Waals surface area contributed by atoms with Crippen molar-refractivity contribution >= 4 is 30.2 Å². The molecule has 187 valence electrons. The van der Waals surface area contributed by atoms with Crippen LogP contribution in [0.25, 0.3) is 16.4 Å². The molecule has 0 N–H and O–H groups in total. The Morgan fingerprint density at radius 1 is 0.921 bits per heavy atom. The van der Waals surface area contributed by atoms with Crippen molar-refractivity contribution in [3.05, 3.63) is 148 Å². The molecule has 3 aromatic rings. The number of carbonyl (C=O) groups excluding carboxylic acids is 1. The zero-order valence-electron chi connectivity index (χ0n) is 20.3. The van der Waals surface area contributed by atoms with E-state index in [1.807, 2.05) is 60.7 Å². The highest BCUT2D eigenvalue weighted by Gasteiger charge is 2.23. The second-order valence-corrected chi connectivity index (χ2v) is 8.04. The Kier molecular flexibility index (Phi) is 8.29. The lowest BCUT2D eigenvalue weighted by Gasteiger charge is -2.19. The summed E-state index contributed by atoms with van der Waals surface area (Å²) in [6.45, 7) is 9.32. The molecule has 4 nitrogen and oxygen atoms in total. The minimum atomic E-state index is -1.68. The van der Waals surface area contributed by atoms with Crippen molar-refractivity contribution in [2.75, 3.05) is 6.61 Å². The molecule has 0 bridgehead atoms. The lowest BCUT2D eigenvalue weighted by atomic mass is 9.62. The van der Waals surface area contributed by atoms with Gasteiger partial charge in [0.1, 0.15) is 11.5 Å². The Morgan fingerprint density at radius 3 is 2.03 bits per heavy atom. The molecule has 4 rings (SSSR count). The van der Waals surface area contributed by atoms with E-state index >= 15 is 0 Å². The fourth-order valence-corrected chi connectivity index (χ4v) is 3.68. The molecule has 0 aromatic heterocycles. The molecule has 1 aliphatic rings. The van der Waals surface area contributed by atoms with Crippen LogP contribution in [0.3, 0.4) is 0 Å². The van der Waals surface area contributed by atoms with Crippen molar-refractivity contribution < 1.29 is 27.4 Å². The molecule has 8 heteroatoms. The van der Waals surface area contributed by atoms with Crippen LogP contribution in [0.5, 0.6) is 0 Å². The van der Waals surface area contributed by atoms with Crippen molar-refractivity contribution in [3.63, 3.8) is 0 Å². The number of ether oxygens (including phenoxy) is 2. The van der Waals surface area contributed by atoms with E-state index in [0.717, 1.165) is 30.5 Å². The van der Waals surface area contributed by atoms with Crippen LogP contribution in [0.2, 0.25) is 0 Å². The largest absolute Gasteiger partial charge is 0.464 e. The summed E-state index contributed by atoms with van der Waals surface area (Å²) in [6, 6.07) is 20.4. The van der Waals surface area contributed by atoms with Crippen molar-refractivity contribution in [1.29, 1.82) is 0 Å². The Morgan fingerprint density at radius 2 is 1.50 bits per heavy atom. The molecular weight excluding hydrogens is 490 g/mol. The van der Waals surface area contributed by atoms with Crippen molar-refractivity contribution in [2.24, 2.45) is 0 Å². The summed E-state index contributed by atoms with van der Waals surface area (Å²) in [7, 11) is 0.975. The standard InChI is InChI=1S/C30H20BF3NO3/c1-3-37-30(36)27(31-22-14-15-23(32)29(34)28(22)33)24(35-2)16-19-17-25(20-10-6-4-7-11-20)38-26(18-19)21-12-8-5-9-13-21/h4-18H,3H2,1H3. The molecule has 0 unspecified atom stereocenters. The van der Waals surface area contributed by atoms with Crippen LogP contribution in [0.1, 0.15) is 18.1 Å². The van der Waals surface area contributed by atoms with Gasteiger partial charge in [-0.25, -0.2) is 22.8 Å². The van der Waals surface area contributed by atoms with E-state index in [2.05, 4.69) is 4.85 Å².